The fraction of sp³-hybridized carbons (Fsp3) is 0. The van der Waals surface area contributed by atoms with Crippen molar-refractivity contribution in [3.05, 3.63) is 170 Å². The molecule has 2 nitrogen and oxygen atoms in total. The Morgan fingerprint density at radius 3 is 1.56 bits per heavy atom. The Morgan fingerprint density at radius 1 is 0.280 bits per heavy atom. The van der Waals surface area contributed by atoms with Crippen LogP contribution in [0, 0.1) is 0 Å². The van der Waals surface area contributed by atoms with Gasteiger partial charge in [0, 0.05) is 27.1 Å². The quantitative estimate of drug-likeness (QED) is 0.180. The topological polar surface area (TPSA) is 26.3 Å². The molecule has 0 amide bonds. The first-order chi connectivity index (χ1) is 24.8. The molecule has 11 aromatic rings. The molecule has 0 fully saturated rings. The van der Waals surface area contributed by atoms with Crippen LogP contribution in [-0.2, 0) is 0 Å². The van der Waals surface area contributed by atoms with Crippen LogP contribution in [0.1, 0.15) is 0 Å². The molecule has 0 bridgehead atoms. The number of fused-ring (bicyclic) bond motifs is 10. The summed E-state index contributed by atoms with van der Waals surface area (Å²) >= 11 is 0. The average molecular weight is 637 g/mol. The van der Waals surface area contributed by atoms with E-state index in [1.807, 2.05) is 6.07 Å². The number of rotatable bonds is 3. The Kier molecular flexibility index (Phi) is 5.70. The monoisotopic (exact) mass is 636 g/mol. The highest BCUT2D eigenvalue weighted by atomic mass is 16.3. The molecule has 0 saturated carbocycles. The van der Waals surface area contributed by atoms with Gasteiger partial charge >= 0.3 is 0 Å². The molecule has 0 spiro atoms. The predicted octanol–water partition coefficient (Wildman–Crippen LogP) is 13.9. The molecular weight excluding hydrogens is 609 g/mol. The van der Waals surface area contributed by atoms with Crippen LogP contribution >= 0.6 is 0 Å². The standard InChI is InChI=1S/C48H28O2/c1-2-14-30(15-3-1)43-34-19-6-8-21-36(34)44(37-22-9-7-20-35(37)43)31-16-12-17-32(27-31)45-47-38-23-10-11-24-40(38)49-42(47)28-39-46-33-18-5-4-13-29(33)25-26-41(46)50-48(39)45/h1-28H. The van der Waals surface area contributed by atoms with Gasteiger partial charge in [-0.05, 0) is 84.4 Å². The van der Waals surface area contributed by atoms with E-state index in [1.54, 1.807) is 0 Å². The lowest BCUT2D eigenvalue weighted by Crippen LogP contribution is -1.91. The molecule has 2 heteroatoms. The van der Waals surface area contributed by atoms with Gasteiger partial charge in [-0.2, -0.15) is 0 Å². The van der Waals surface area contributed by atoms with Crippen LogP contribution in [0.2, 0.25) is 0 Å². The third-order valence-corrected chi connectivity index (χ3v) is 10.4. The second-order valence-corrected chi connectivity index (χ2v) is 13.1. The van der Waals surface area contributed by atoms with Crippen molar-refractivity contribution in [2.24, 2.45) is 0 Å². The fourth-order valence-electron chi connectivity index (χ4n) is 8.35. The molecule has 0 atom stereocenters. The van der Waals surface area contributed by atoms with Gasteiger partial charge in [-0.3, -0.25) is 0 Å². The van der Waals surface area contributed by atoms with Crippen LogP contribution < -0.4 is 0 Å². The molecule has 0 aliphatic rings. The zero-order chi connectivity index (χ0) is 32.8. The van der Waals surface area contributed by atoms with Crippen LogP contribution in [0.3, 0.4) is 0 Å². The normalized spacial score (nSPS) is 12.0. The number of furan rings is 2. The molecule has 0 N–H and O–H groups in total. The molecule has 0 radical (unpaired) electrons. The van der Waals surface area contributed by atoms with E-state index < -0.39 is 0 Å². The van der Waals surface area contributed by atoms with Gasteiger partial charge in [-0.15, -0.1) is 0 Å². The second kappa shape index (κ2) is 10.4. The second-order valence-electron chi connectivity index (χ2n) is 13.1. The van der Waals surface area contributed by atoms with Gasteiger partial charge < -0.3 is 8.83 Å². The largest absolute Gasteiger partial charge is 0.456 e. The minimum Gasteiger partial charge on any atom is -0.456 e. The van der Waals surface area contributed by atoms with Gasteiger partial charge in [-0.25, -0.2) is 0 Å². The van der Waals surface area contributed by atoms with Crippen LogP contribution in [0.5, 0.6) is 0 Å². The van der Waals surface area contributed by atoms with Crippen molar-refractivity contribution in [3.8, 4) is 33.4 Å². The van der Waals surface area contributed by atoms with E-state index in [2.05, 4.69) is 164 Å². The van der Waals surface area contributed by atoms with Crippen LogP contribution in [0.15, 0.2) is 179 Å². The molecular formula is C48H28O2. The van der Waals surface area contributed by atoms with Crippen molar-refractivity contribution in [3.63, 3.8) is 0 Å². The average Bonchev–Trinajstić information content (AvgIpc) is 3.74. The summed E-state index contributed by atoms with van der Waals surface area (Å²) in [6, 6.07) is 60.7. The summed E-state index contributed by atoms with van der Waals surface area (Å²) in [7, 11) is 0. The highest BCUT2D eigenvalue weighted by molar-refractivity contribution is 6.28. The molecule has 0 saturated heterocycles. The summed E-state index contributed by atoms with van der Waals surface area (Å²) in [5.74, 6) is 0. The Balaban J connectivity index is 1.26. The Hall–Kier alpha value is -6.64. The first-order valence-electron chi connectivity index (χ1n) is 17.1. The van der Waals surface area contributed by atoms with Gasteiger partial charge in [0.15, 0.2) is 0 Å². The molecule has 9 aromatic carbocycles. The van der Waals surface area contributed by atoms with E-state index in [4.69, 9.17) is 8.83 Å². The van der Waals surface area contributed by atoms with Gasteiger partial charge in [-0.1, -0.05) is 146 Å². The van der Waals surface area contributed by atoms with Gasteiger partial charge in [0.2, 0.25) is 0 Å². The zero-order valence-corrected chi connectivity index (χ0v) is 27.0. The lowest BCUT2D eigenvalue weighted by Gasteiger charge is -2.18. The van der Waals surface area contributed by atoms with Crippen LogP contribution in [-0.4, -0.2) is 0 Å². The van der Waals surface area contributed by atoms with Gasteiger partial charge in [0.05, 0.1) is 0 Å². The minimum atomic E-state index is 0.859. The van der Waals surface area contributed by atoms with Gasteiger partial charge in [0.25, 0.3) is 0 Å². The van der Waals surface area contributed by atoms with E-state index in [9.17, 15) is 0 Å². The predicted molar refractivity (Wildman–Crippen MR) is 210 cm³/mol. The van der Waals surface area contributed by atoms with E-state index in [1.165, 1.54) is 49.0 Å². The SMILES string of the molecule is c1ccc(-c2c3ccccc3c(-c3cccc(-c4c5oc6ccc7ccccc7c6c5cc5oc6ccccc6c45)c3)c3ccccc23)cc1. The van der Waals surface area contributed by atoms with E-state index in [0.717, 1.165) is 60.6 Å². The third kappa shape index (κ3) is 3.85. The fourth-order valence-corrected chi connectivity index (χ4v) is 8.35. The lowest BCUT2D eigenvalue weighted by atomic mass is 9.85. The zero-order valence-electron chi connectivity index (χ0n) is 27.0. The van der Waals surface area contributed by atoms with Crippen molar-refractivity contribution in [1.82, 2.24) is 0 Å². The summed E-state index contributed by atoms with van der Waals surface area (Å²) < 4.78 is 13.5. The smallest absolute Gasteiger partial charge is 0.144 e. The summed E-state index contributed by atoms with van der Waals surface area (Å²) in [5.41, 5.74) is 10.5. The summed E-state index contributed by atoms with van der Waals surface area (Å²) in [6.45, 7) is 0. The van der Waals surface area contributed by atoms with Gasteiger partial charge in [0.1, 0.15) is 22.3 Å². The Morgan fingerprint density at radius 2 is 0.840 bits per heavy atom. The number of hydrogen-bond donors (Lipinski definition) is 0. The highest BCUT2D eigenvalue weighted by Crippen LogP contribution is 2.48. The molecule has 50 heavy (non-hydrogen) atoms. The summed E-state index contributed by atoms with van der Waals surface area (Å²) in [5, 5.41) is 11.6. The van der Waals surface area contributed by atoms with E-state index >= 15 is 0 Å². The van der Waals surface area contributed by atoms with E-state index in [0.29, 0.717) is 0 Å². The van der Waals surface area contributed by atoms with Crippen molar-refractivity contribution in [2.45, 2.75) is 0 Å². The molecule has 11 rings (SSSR count). The van der Waals surface area contributed by atoms with E-state index in [-0.39, 0.29) is 0 Å². The van der Waals surface area contributed by atoms with Crippen LogP contribution in [0.25, 0.3) is 110 Å². The summed E-state index contributed by atoms with van der Waals surface area (Å²) in [4.78, 5) is 0. The molecule has 0 unspecified atom stereocenters. The molecule has 2 heterocycles. The highest BCUT2D eigenvalue weighted by Gasteiger charge is 2.23. The number of benzene rings is 9. The third-order valence-electron chi connectivity index (χ3n) is 10.4. The summed E-state index contributed by atoms with van der Waals surface area (Å²) in [6.07, 6.45) is 0. The van der Waals surface area contributed by atoms with Crippen molar-refractivity contribution >= 4 is 76.2 Å². The molecule has 2 aromatic heterocycles. The number of para-hydroxylation sites is 1. The van der Waals surface area contributed by atoms with Crippen molar-refractivity contribution < 1.29 is 8.83 Å². The molecule has 0 aliphatic heterocycles. The number of hydrogen-bond acceptors (Lipinski definition) is 2. The first kappa shape index (κ1) is 27.3. The minimum absolute atomic E-state index is 0.859. The van der Waals surface area contributed by atoms with Crippen molar-refractivity contribution in [1.29, 1.82) is 0 Å². The molecule has 232 valence electrons. The first-order valence-corrected chi connectivity index (χ1v) is 17.1. The lowest BCUT2D eigenvalue weighted by molar-refractivity contribution is 0.665. The van der Waals surface area contributed by atoms with Crippen LogP contribution in [0.4, 0.5) is 0 Å². The maximum atomic E-state index is 6.88. The maximum absolute atomic E-state index is 6.88. The maximum Gasteiger partial charge on any atom is 0.144 e. The Bertz CT molecular complexity index is 3080. The van der Waals surface area contributed by atoms with Crippen molar-refractivity contribution in [2.75, 3.05) is 0 Å². The molecule has 0 aliphatic carbocycles. The Labute approximate surface area is 287 Å².